The summed E-state index contributed by atoms with van der Waals surface area (Å²) in [5.41, 5.74) is 10.1. The van der Waals surface area contributed by atoms with Gasteiger partial charge in [-0.05, 0) is 55.3 Å². The molecule has 3 aromatic rings. The highest BCUT2D eigenvalue weighted by atomic mass is 16.1. The van der Waals surface area contributed by atoms with Gasteiger partial charge in [0, 0.05) is 48.2 Å². The second-order valence-corrected chi connectivity index (χ2v) is 7.33. The molecule has 5 nitrogen and oxygen atoms in total. The Kier molecular flexibility index (Phi) is 5.44. The number of aromatic nitrogens is 2. The molecule has 142 valence electrons. The number of hydrogen-bond donors (Lipinski definition) is 1. The number of rotatable bonds is 5. The molecule has 0 aliphatic carbocycles. The number of nitrogens with two attached hydrogens (primary N) is 1. The first-order valence-corrected chi connectivity index (χ1v) is 9.67. The minimum Gasteiger partial charge on any atom is -0.366 e. The number of pyridine rings is 2. The van der Waals surface area contributed by atoms with Gasteiger partial charge in [-0.2, -0.15) is 0 Å². The van der Waals surface area contributed by atoms with Gasteiger partial charge in [0.25, 0.3) is 0 Å². The zero-order valence-corrected chi connectivity index (χ0v) is 15.8. The average molecular weight is 372 g/mol. The quantitative estimate of drug-likeness (QED) is 0.742. The first-order chi connectivity index (χ1) is 13.7. The van der Waals surface area contributed by atoms with Crippen molar-refractivity contribution in [1.82, 2.24) is 14.9 Å². The molecule has 1 amide bonds. The van der Waals surface area contributed by atoms with Crippen molar-refractivity contribution < 1.29 is 4.79 Å². The lowest BCUT2D eigenvalue weighted by molar-refractivity contribution is 0.100. The molecule has 3 heterocycles. The van der Waals surface area contributed by atoms with Gasteiger partial charge >= 0.3 is 0 Å². The fraction of sp³-hybridized carbons (Fsp3) is 0.261. The zero-order valence-electron chi connectivity index (χ0n) is 15.8. The van der Waals surface area contributed by atoms with Crippen LogP contribution >= 0.6 is 0 Å². The number of likely N-dealkylation sites (tertiary alicyclic amines) is 1. The van der Waals surface area contributed by atoms with E-state index in [2.05, 4.69) is 28.1 Å². The number of carbonyl (C=O) groups is 1. The molecule has 1 aromatic carbocycles. The summed E-state index contributed by atoms with van der Waals surface area (Å²) in [5, 5.41) is 0. The third kappa shape index (κ3) is 4.26. The first kappa shape index (κ1) is 18.3. The highest BCUT2D eigenvalue weighted by molar-refractivity contribution is 5.93. The van der Waals surface area contributed by atoms with E-state index in [4.69, 9.17) is 10.7 Å². The summed E-state index contributed by atoms with van der Waals surface area (Å²) in [4.78, 5) is 23.1. The molecule has 0 unspecified atom stereocenters. The Morgan fingerprint density at radius 1 is 1.14 bits per heavy atom. The van der Waals surface area contributed by atoms with E-state index in [0.717, 1.165) is 49.4 Å². The summed E-state index contributed by atoms with van der Waals surface area (Å²) in [7, 11) is 0. The number of nitrogens with zero attached hydrogens (tertiary/aromatic N) is 3. The molecule has 1 atom stereocenters. The van der Waals surface area contributed by atoms with E-state index in [9.17, 15) is 4.79 Å². The summed E-state index contributed by atoms with van der Waals surface area (Å²) >= 11 is 0. The number of carbonyl (C=O) groups excluding carboxylic acids is 1. The fourth-order valence-corrected chi connectivity index (χ4v) is 3.86. The van der Waals surface area contributed by atoms with Gasteiger partial charge in [-0.25, -0.2) is 0 Å². The van der Waals surface area contributed by atoms with Crippen LogP contribution in [0.5, 0.6) is 0 Å². The average Bonchev–Trinajstić information content (AvgIpc) is 2.75. The fourth-order valence-electron chi connectivity index (χ4n) is 3.86. The summed E-state index contributed by atoms with van der Waals surface area (Å²) in [6.07, 6.45) is 6.05. The highest BCUT2D eigenvalue weighted by Gasteiger charge is 2.22. The predicted molar refractivity (Wildman–Crippen MR) is 110 cm³/mol. The Morgan fingerprint density at radius 2 is 2.04 bits per heavy atom. The van der Waals surface area contributed by atoms with Crippen LogP contribution in [0, 0.1) is 0 Å². The molecule has 28 heavy (non-hydrogen) atoms. The highest BCUT2D eigenvalue weighted by Crippen LogP contribution is 2.28. The smallest absolute Gasteiger partial charge is 0.248 e. The second-order valence-electron chi connectivity index (χ2n) is 7.33. The second kappa shape index (κ2) is 8.31. The number of benzene rings is 1. The van der Waals surface area contributed by atoms with Gasteiger partial charge in [-0.15, -0.1) is 0 Å². The van der Waals surface area contributed by atoms with Gasteiger partial charge in [0.05, 0.1) is 5.69 Å². The van der Waals surface area contributed by atoms with Crippen LogP contribution in [0.3, 0.4) is 0 Å². The Labute approximate surface area is 165 Å². The van der Waals surface area contributed by atoms with Crippen LogP contribution in [-0.2, 0) is 6.54 Å². The van der Waals surface area contributed by atoms with Crippen molar-refractivity contribution in [2.75, 3.05) is 13.1 Å². The van der Waals surface area contributed by atoms with Crippen molar-refractivity contribution in [2.45, 2.75) is 25.3 Å². The molecule has 1 saturated heterocycles. The monoisotopic (exact) mass is 372 g/mol. The lowest BCUT2D eigenvalue weighted by Crippen LogP contribution is -2.34. The zero-order chi connectivity index (χ0) is 19.3. The van der Waals surface area contributed by atoms with E-state index in [1.807, 2.05) is 42.7 Å². The van der Waals surface area contributed by atoms with Gasteiger partial charge < -0.3 is 5.73 Å². The summed E-state index contributed by atoms with van der Waals surface area (Å²) in [6, 6.07) is 17.6. The van der Waals surface area contributed by atoms with Crippen LogP contribution in [0.1, 0.15) is 40.4 Å². The number of primary amides is 1. The van der Waals surface area contributed by atoms with E-state index >= 15 is 0 Å². The van der Waals surface area contributed by atoms with Gasteiger partial charge in [-0.1, -0.05) is 24.3 Å². The largest absolute Gasteiger partial charge is 0.366 e. The third-order valence-corrected chi connectivity index (χ3v) is 5.27. The van der Waals surface area contributed by atoms with E-state index < -0.39 is 5.91 Å². The molecular formula is C23H24N4O. The molecule has 2 aromatic heterocycles. The lowest BCUT2D eigenvalue weighted by Gasteiger charge is -2.32. The number of hydrogen-bond acceptors (Lipinski definition) is 4. The molecule has 0 saturated carbocycles. The molecule has 0 radical (unpaired) electrons. The Balaban J connectivity index is 1.52. The van der Waals surface area contributed by atoms with Gasteiger partial charge in [-0.3, -0.25) is 19.7 Å². The van der Waals surface area contributed by atoms with Crippen molar-refractivity contribution in [2.24, 2.45) is 5.73 Å². The maximum atomic E-state index is 11.5. The summed E-state index contributed by atoms with van der Waals surface area (Å²) in [6.45, 7) is 3.02. The minimum atomic E-state index is -0.420. The molecule has 1 aliphatic heterocycles. The maximum Gasteiger partial charge on any atom is 0.248 e. The van der Waals surface area contributed by atoms with Crippen molar-refractivity contribution in [1.29, 1.82) is 0 Å². The van der Waals surface area contributed by atoms with Crippen molar-refractivity contribution >= 4 is 5.91 Å². The molecule has 0 bridgehead atoms. The van der Waals surface area contributed by atoms with Gasteiger partial charge in [0.1, 0.15) is 0 Å². The molecule has 2 N–H and O–H groups in total. The van der Waals surface area contributed by atoms with Gasteiger partial charge in [0.15, 0.2) is 0 Å². The maximum absolute atomic E-state index is 11.5. The summed E-state index contributed by atoms with van der Waals surface area (Å²) < 4.78 is 0. The molecule has 1 aliphatic rings. The molecular weight excluding hydrogens is 348 g/mol. The van der Waals surface area contributed by atoms with Crippen molar-refractivity contribution in [3.63, 3.8) is 0 Å². The van der Waals surface area contributed by atoms with E-state index in [1.165, 1.54) is 5.56 Å². The molecule has 1 fully saturated rings. The van der Waals surface area contributed by atoms with Crippen LogP contribution in [0.4, 0.5) is 0 Å². The first-order valence-electron chi connectivity index (χ1n) is 9.67. The van der Waals surface area contributed by atoms with E-state index in [1.54, 1.807) is 6.07 Å². The molecule has 0 spiro atoms. The SMILES string of the molecule is NC(=O)c1cccc(-c2cccc([C@@H]3CCCN(Cc4cccnc4)C3)n2)c1. The predicted octanol–water partition coefficient (Wildman–Crippen LogP) is 3.62. The normalized spacial score (nSPS) is 17.4. The van der Waals surface area contributed by atoms with Crippen LogP contribution in [-0.4, -0.2) is 33.9 Å². The Morgan fingerprint density at radius 3 is 2.86 bits per heavy atom. The van der Waals surface area contributed by atoms with Crippen LogP contribution in [0.15, 0.2) is 67.0 Å². The minimum absolute atomic E-state index is 0.407. The van der Waals surface area contributed by atoms with Crippen molar-refractivity contribution in [3.8, 4) is 11.3 Å². The van der Waals surface area contributed by atoms with Gasteiger partial charge in [0.2, 0.25) is 5.91 Å². The van der Waals surface area contributed by atoms with Crippen LogP contribution < -0.4 is 5.73 Å². The molecule has 4 rings (SSSR count). The van der Waals surface area contributed by atoms with Crippen molar-refractivity contribution in [3.05, 3.63) is 83.8 Å². The third-order valence-electron chi connectivity index (χ3n) is 5.27. The molecule has 5 heteroatoms. The standard InChI is InChI=1S/C23H24N4O/c24-23(28)19-7-1-6-18(13-19)21-9-2-10-22(26-21)20-8-4-12-27(16-20)15-17-5-3-11-25-14-17/h1-3,5-7,9-11,13-14,20H,4,8,12,15-16H2,(H2,24,28)/t20-/m1/s1. The number of amides is 1. The Hall–Kier alpha value is -3.05. The van der Waals surface area contributed by atoms with Crippen LogP contribution in [0.25, 0.3) is 11.3 Å². The lowest BCUT2D eigenvalue weighted by atomic mass is 9.93. The van der Waals surface area contributed by atoms with E-state index in [0.29, 0.717) is 11.5 Å². The Bertz CT molecular complexity index is 958. The topological polar surface area (TPSA) is 72.1 Å². The summed E-state index contributed by atoms with van der Waals surface area (Å²) in [5.74, 6) is -0.0129. The van der Waals surface area contributed by atoms with E-state index in [-0.39, 0.29) is 0 Å². The van der Waals surface area contributed by atoms with Crippen LogP contribution in [0.2, 0.25) is 0 Å². The number of piperidine rings is 1.